The average molecular weight is 357 g/mol. The van der Waals surface area contributed by atoms with Crippen molar-refractivity contribution in [2.75, 3.05) is 13.1 Å². The Balaban J connectivity index is 1.59. The number of Topliss-reactive ketones (excluding diaryl/α,β-unsaturated/α-hetero) is 1. The normalized spacial score (nSPS) is 21.0. The van der Waals surface area contributed by atoms with Gasteiger partial charge in [0.25, 0.3) is 5.91 Å². The molecule has 1 amide bonds. The zero-order valence-electron chi connectivity index (χ0n) is 14.5. The highest BCUT2D eigenvalue weighted by Crippen LogP contribution is 2.23. The first-order valence-electron chi connectivity index (χ1n) is 8.85. The lowest BCUT2D eigenvalue weighted by atomic mass is 10.0. The maximum atomic E-state index is 12.5. The van der Waals surface area contributed by atoms with Gasteiger partial charge in [0.1, 0.15) is 6.04 Å². The van der Waals surface area contributed by atoms with E-state index in [1.165, 1.54) is 9.78 Å². The number of benzene rings is 1. The van der Waals surface area contributed by atoms with Crippen LogP contribution in [0.2, 0.25) is 0 Å². The smallest absolute Gasteiger partial charge is 0.275 e. The fraction of sp³-hybridized carbons (Fsp3) is 0.400. The van der Waals surface area contributed by atoms with Gasteiger partial charge in [-0.3, -0.25) is 9.59 Å². The second-order valence-electron chi connectivity index (χ2n) is 6.72. The Morgan fingerprint density at radius 3 is 2.72 bits per heavy atom. The quantitative estimate of drug-likeness (QED) is 0.794. The zero-order valence-corrected chi connectivity index (χ0v) is 15.4. The molecule has 25 heavy (non-hydrogen) atoms. The van der Waals surface area contributed by atoms with Crippen molar-refractivity contribution < 1.29 is 14.5 Å². The summed E-state index contributed by atoms with van der Waals surface area (Å²) >= 11 is 1.76. The van der Waals surface area contributed by atoms with Gasteiger partial charge in [-0.2, -0.15) is 0 Å². The maximum absolute atomic E-state index is 12.5. The highest BCUT2D eigenvalue weighted by molar-refractivity contribution is 7.10. The summed E-state index contributed by atoms with van der Waals surface area (Å²) in [5.74, 6) is -0.0296. The molecule has 0 aliphatic carbocycles. The number of nitrogens with one attached hydrogen (secondary N) is 2. The monoisotopic (exact) mass is 357 g/mol. The highest BCUT2D eigenvalue weighted by atomic mass is 32.1. The Labute approximate surface area is 152 Å². The number of rotatable bonds is 7. The Kier molecular flexibility index (Phi) is 6.00. The molecule has 3 rings (SSSR count). The summed E-state index contributed by atoms with van der Waals surface area (Å²) in [6, 6.07) is 14.0. The number of likely N-dealkylation sites (tertiary alicyclic amines) is 1. The van der Waals surface area contributed by atoms with E-state index in [0.717, 1.165) is 24.9 Å². The minimum absolute atomic E-state index is 0.00318. The van der Waals surface area contributed by atoms with E-state index in [1.807, 2.05) is 30.3 Å². The summed E-state index contributed by atoms with van der Waals surface area (Å²) in [4.78, 5) is 27.2. The van der Waals surface area contributed by atoms with E-state index in [0.29, 0.717) is 19.0 Å². The van der Waals surface area contributed by atoms with Crippen LogP contribution in [-0.2, 0) is 16.0 Å². The molecule has 1 fully saturated rings. The largest absolute Gasteiger partial charge is 0.341 e. The standard InChI is InChI=1S/C20H24N2O2S/c1-15(23)17(13-16-7-3-2-4-8-16)21-20(24)14-22-11-5-9-18(22)19-10-6-12-25-19/h2-4,6-8,10,12,17-18H,5,9,11,13-14H2,1H3,(H,21,24)/p+1/t17-,18-/m1/s1. The Hall–Kier alpha value is -1.98. The lowest BCUT2D eigenvalue weighted by Crippen LogP contribution is -3.11. The van der Waals surface area contributed by atoms with Crippen molar-refractivity contribution in [1.82, 2.24) is 5.32 Å². The molecule has 0 saturated carbocycles. The van der Waals surface area contributed by atoms with E-state index in [2.05, 4.69) is 22.8 Å². The molecule has 1 aromatic carbocycles. The molecule has 1 aliphatic rings. The summed E-state index contributed by atoms with van der Waals surface area (Å²) in [5, 5.41) is 5.05. The van der Waals surface area contributed by atoms with E-state index in [4.69, 9.17) is 0 Å². The molecule has 2 N–H and O–H groups in total. The van der Waals surface area contributed by atoms with Gasteiger partial charge in [-0.05, 0) is 30.4 Å². The molecule has 4 nitrogen and oxygen atoms in total. The number of carbonyl (C=O) groups excluding carboxylic acids is 2. The van der Waals surface area contributed by atoms with Crippen LogP contribution in [0.4, 0.5) is 0 Å². The van der Waals surface area contributed by atoms with Crippen LogP contribution in [0, 0.1) is 0 Å². The van der Waals surface area contributed by atoms with Crippen LogP contribution in [0.1, 0.15) is 36.2 Å². The minimum Gasteiger partial charge on any atom is -0.341 e. The van der Waals surface area contributed by atoms with Gasteiger partial charge >= 0.3 is 0 Å². The van der Waals surface area contributed by atoms with E-state index in [9.17, 15) is 9.59 Å². The van der Waals surface area contributed by atoms with Gasteiger partial charge < -0.3 is 10.2 Å². The SMILES string of the molecule is CC(=O)[C@@H](Cc1ccccc1)NC(=O)C[NH+]1CCC[C@@H]1c1cccs1. The van der Waals surface area contributed by atoms with Gasteiger partial charge in [-0.15, -0.1) is 11.3 Å². The Morgan fingerprint density at radius 2 is 2.04 bits per heavy atom. The van der Waals surface area contributed by atoms with Crippen LogP contribution < -0.4 is 10.2 Å². The van der Waals surface area contributed by atoms with Gasteiger partial charge in [0, 0.05) is 12.8 Å². The van der Waals surface area contributed by atoms with Crippen molar-refractivity contribution in [2.24, 2.45) is 0 Å². The number of amides is 1. The summed E-state index contributed by atoms with van der Waals surface area (Å²) in [6.07, 6.45) is 2.82. The van der Waals surface area contributed by atoms with Gasteiger partial charge in [0.2, 0.25) is 0 Å². The minimum atomic E-state index is -0.447. The highest BCUT2D eigenvalue weighted by Gasteiger charge is 2.32. The number of hydrogen-bond donors (Lipinski definition) is 2. The first-order valence-corrected chi connectivity index (χ1v) is 9.73. The van der Waals surface area contributed by atoms with Gasteiger partial charge in [0.15, 0.2) is 12.3 Å². The molecule has 0 bridgehead atoms. The summed E-state index contributed by atoms with van der Waals surface area (Å²) in [7, 11) is 0. The van der Waals surface area contributed by atoms with Gasteiger partial charge in [0.05, 0.1) is 17.5 Å². The Morgan fingerprint density at radius 1 is 1.24 bits per heavy atom. The van der Waals surface area contributed by atoms with Crippen molar-refractivity contribution >= 4 is 23.0 Å². The van der Waals surface area contributed by atoms with Crippen LogP contribution in [0.25, 0.3) is 0 Å². The van der Waals surface area contributed by atoms with E-state index < -0.39 is 6.04 Å². The molecule has 1 saturated heterocycles. The number of carbonyl (C=O) groups is 2. The number of thiophene rings is 1. The molecule has 0 spiro atoms. The third kappa shape index (κ3) is 4.77. The maximum Gasteiger partial charge on any atom is 0.275 e. The molecule has 3 atom stereocenters. The van der Waals surface area contributed by atoms with Crippen molar-refractivity contribution in [3.05, 3.63) is 58.3 Å². The third-order valence-corrected chi connectivity index (χ3v) is 5.85. The molecule has 0 radical (unpaired) electrons. The van der Waals surface area contributed by atoms with Crippen molar-refractivity contribution in [2.45, 2.75) is 38.3 Å². The number of ketones is 1. The molecule has 132 valence electrons. The number of hydrogen-bond acceptors (Lipinski definition) is 3. The second kappa shape index (κ2) is 8.41. The molecule has 1 aromatic heterocycles. The molecular formula is C20H25N2O2S+. The molecule has 5 heteroatoms. The average Bonchev–Trinajstić information content (AvgIpc) is 3.26. The summed E-state index contributed by atoms with van der Waals surface area (Å²) < 4.78 is 0. The lowest BCUT2D eigenvalue weighted by Gasteiger charge is -2.22. The van der Waals surface area contributed by atoms with E-state index in [-0.39, 0.29) is 11.7 Å². The Bertz CT molecular complexity index is 700. The summed E-state index contributed by atoms with van der Waals surface area (Å²) in [6.45, 7) is 2.99. The third-order valence-electron chi connectivity index (χ3n) is 4.87. The number of quaternary nitrogens is 1. The van der Waals surface area contributed by atoms with Crippen molar-refractivity contribution in [1.29, 1.82) is 0 Å². The van der Waals surface area contributed by atoms with Crippen LogP contribution in [0.15, 0.2) is 47.8 Å². The van der Waals surface area contributed by atoms with Crippen LogP contribution >= 0.6 is 11.3 Å². The van der Waals surface area contributed by atoms with E-state index in [1.54, 1.807) is 18.3 Å². The predicted octanol–water partition coefficient (Wildman–Crippen LogP) is 1.78. The second-order valence-corrected chi connectivity index (χ2v) is 7.70. The van der Waals surface area contributed by atoms with Crippen LogP contribution in [-0.4, -0.2) is 30.8 Å². The molecule has 2 aromatic rings. The predicted molar refractivity (Wildman–Crippen MR) is 99.7 cm³/mol. The first-order chi connectivity index (χ1) is 12.1. The lowest BCUT2D eigenvalue weighted by molar-refractivity contribution is -0.910. The molecular weight excluding hydrogens is 332 g/mol. The van der Waals surface area contributed by atoms with Crippen molar-refractivity contribution in [3.8, 4) is 0 Å². The summed E-state index contributed by atoms with van der Waals surface area (Å²) in [5.41, 5.74) is 1.06. The van der Waals surface area contributed by atoms with Crippen molar-refractivity contribution in [3.63, 3.8) is 0 Å². The molecule has 2 heterocycles. The molecule has 1 aliphatic heterocycles. The first kappa shape index (κ1) is 17.8. The topological polar surface area (TPSA) is 50.6 Å². The fourth-order valence-electron chi connectivity index (χ4n) is 3.55. The fourth-order valence-corrected chi connectivity index (χ4v) is 4.47. The van der Waals surface area contributed by atoms with Gasteiger partial charge in [-0.25, -0.2) is 0 Å². The van der Waals surface area contributed by atoms with Crippen LogP contribution in [0.3, 0.4) is 0 Å². The van der Waals surface area contributed by atoms with Gasteiger partial charge in [-0.1, -0.05) is 36.4 Å². The zero-order chi connectivity index (χ0) is 17.6. The van der Waals surface area contributed by atoms with Crippen LogP contribution in [0.5, 0.6) is 0 Å². The van der Waals surface area contributed by atoms with E-state index >= 15 is 0 Å². The molecule has 1 unspecified atom stereocenters.